The standard InChI is InChI=1S/C21H27NO3/c1-3-4-7-12-22-14-21(15-23,17-8-5-6-9-19(17)22)18-11-10-16(25-2)13-20(18)24/h5-6,8-11,13,23-24H,3-4,7,12,14-15H2,1-2H3. The zero-order chi connectivity index (χ0) is 17.9. The Bertz CT molecular complexity index is 731. The summed E-state index contributed by atoms with van der Waals surface area (Å²) in [5.74, 6) is 0.777. The monoisotopic (exact) mass is 341 g/mol. The van der Waals surface area contributed by atoms with Crippen molar-refractivity contribution in [1.82, 2.24) is 0 Å². The number of hydrogen-bond donors (Lipinski definition) is 2. The highest BCUT2D eigenvalue weighted by atomic mass is 16.5. The summed E-state index contributed by atoms with van der Waals surface area (Å²) in [5, 5.41) is 21.0. The minimum atomic E-state index is -0.612. The zero-order valence-electron chi connectivity index (χ0n) is 15.0. The molecular weight excluding hydrogens is 314 g/mol. The fourth-order valence-electron chi connectivity index (χ4n) is 3.90. The molecule has 0 saturated heterocycles. The van der Waals surface area contributed by atoms with Gasteiger partial charge in [-0.1, -0.05) is 44.0 Å². The second-order valence-corrected chi connectivity index (χ2v) is 6.77. The van der Waals surface area contributed by atoms with E-state index in [2.05, 4.69) is 24.0 Å². The number of ether oxygens (including phenoxy) is 1. The summed E-state index contributed by atoms with van der Waals surface area (Å²) in [7, 11) is 1.58. The molecule has 0 aliphatic carbocycles. The summed E-state index contributed by atoms with van der Waals surface area (Å²) in [5.41, 5.74) is 2.37. The van der Waals surface area contributed by atoms with Crippen LogP contribution in [0.25, 0.3) is 0 Å². The van der Waals surface area contributed by atoms with E-state index in [0.717, 1.165) is 29.8 Å². The molecule has 0 amide bonds. The molecule has 4 nitrogen and oxygen atoms in total. The van der Waals surface area contributed by atoms with Gasteiger partial charge in [-0.3, -0.25) is 0 Å². The van der Waals surface area contributed by atoms with Gasteiger partial charge in [-0.05, 0) is 24.1 Å². The number of anilines is 1. The number of aliphatic hydroxyl groups excluding tert-OH is 1. The van der Waals surface area contributed by atoms with E-state index in [1.165, 1.54) is 12.8 Å². The summed E-state index contributed by atoms with van der Waals surface area (Å²) < 4.78 is 5.20. The van der Waals surface area contributed by atoms with Crippen LogP contribution in [0.4, 0.5) is 5.69 Å². The fraction of sp³-hybridized carbons (Fsp3) is 0.429. The molecule has 0 radical (unpaired) electrons. The first-order chi connectivity index (χ1) is 12.2. The minimum Gasteiger partial charge on any atom is -0.507 e. The number of phenols is 1. The Kier molecular flexibility index (Phi) is 5.19. The Hall–Kier alpha value is -2.20. The van der Waals surface area contributed by atoms with Crippen LogP contribution in [0.1, 0.15) is 37.3 Å². The molecule has 2 aromatic carbocycles. The largest absolute Gasteiger partial charge is 0.507 e. The van der Waals surface area contributed by atoms with Crippen molar-refractivity contribution >= 4 is 5.69 Å². The lowest BCUT2D eigenvalue weighted by Crippen LogP contribution is -2.38. The van der Waals surface area contributed by atoms with Gasteiger partial charge in [-0.2, -0.15) is 0 Å². The van der Waals surface area contributed by atoms with Gasteiger partial charge < -0.3 is 19.8 Å². The number of aromatic hydroxyl groups is 1. The van der Waals surface area contributed by atoms with Gasteiger partial charge >= 0.3 is 0 Å². The van der Waals surface area contributed by atoms with Crippen LogP contribution in [0, 0.1) is 0 Å². The number of aliphatic hydroxyl groups is 1. The molecule has 1 atom stereocenters. The number of benzene rings is 2. The smallest absolute Gasteiger partial charge is 0.123 e. The maximum absolute atomic E-state index is 10.6. The first kappa shape index (κ1) is 17.6. The second kappa shape index (κ2) is 7.36. The van der Waals surface area contributed by atoms with Crippen LogP contribution in [0.2, 0.25) is 0 Å². The van der Waals surface area contributed by atoms with Crippen LogP contribution in [-0.2, 0) is 5.41 Å². The van der Waals surface area contributed by atoms with Crippen LogP contribution in [0.3, 0.4) is 0 Å². The lowest BCUT2D eigenvalue weighted by atomic mass is 9.76. The topological polar surface area (TPSA) is 52.9 Å². The van der Waals surface area contributed by atoms with Crippen molar-refractivity contribution in [3.05, 3.63) is 53.6 Å². The quantitative estimate of drug-likeness (QED) is 0.754. The molecule has 1 heterocycles. The van der Waals surface area contributed by atoms with Crippen molar-refractivity contribution < 1.29 is 14.9 Å². The molecule has 3 rings (SSSR count). The van der Waals surface area contributed by atoms with Gasteiger partial charge in [0.25, 0.3) is 0 Å². The average molecular weight is 341 g/mol. The number of methoxy groups -OCH3 is 1. The maximum atomic E-state index is 10.6. The first-order valence-electron chi connectivity index (χ1n) is 8.99. The molecular formula is C21H27NO3. The number of hydrogen-bond acceptors (Lipinski definition) is 4. The van der Waals surface area contributed by atoms with Gasteiger partial charge in [0.2, 0.25) is 0 Å². The lowest BCUT2D eigenvalue weighted by Gasteiger charge is -2.30. The molecule has 0 spiro atoms. The van der Waals surface area contributed by atoms with Crippen LogP contribution < -0.4 is 9.64 Å². The number of para-hydroxylation sites is 1. The van der Waals surface area contributed by atoms with Gasteiger partial charge in [0.05, 0.1) is 19.1 Å². The summed E-state index contributed by atoms with van der Waals surface area (Å²) in [6.07, 6.45) is 3.50. The van der Waals surface area contributed by atoms with Gasteiger partial charge in [0.15, 0.2) is 0 Å². The predicted octanol–water partition coefficient (Wildman–Crippen LogP) is 3.69. The molecule has 2 aromatic rings. The third-order valence-electron chi connectivity index (χ3n) is 5.24. The number of nitrogens with zero attached hydrogens (tertiary/aromatic N) is 1. The lowest BCUT2D eigenvalue weighted by molar-refractivity contribution is 0.224. The highest BCUT2D eigenvalue weighted by Gasteiger charge is 2.44. The van der Waals surface area contributed by atoms with Gasteiger partial charge in [0.1, 0.15) is 11.5 Å². The van der Waals surface area contributed by atoms with E-state index >= 15 is 0 Å². The van der Waals surface area contributed by atoms with E-state index in [9.17, 15) is 10.2 Å². The van der Waals surface area contributed by atoms with Crippen molar-refractivity contribution in [3.63, 3.8) is 0 Å². The Labute approximate surface area is 149 Å². The molecule has 2 N–H and O–H groups in total. The Balaban J connectivity index is 2.03. The van der Waals surface area contributed by atoms with E-state index in [0.29, 0.717) is 12.3 Å². The molecule has 134 valence electrons. The van der Waals surface area contributed by atoms with E-state index in [1.54, 1.807) is 13.2 Å². The summed E-state index contributed by atoms with van der Waals surface area (Å²) in [4.78, 5) is 2.34. The van der Waals surface area contributed by atoms with Crippen LogP contribution >= 0.6 is 0 Å². The normalized spacial score (nSPS) is 19.1. The fourth-order valence-corrected chi connectivity index (χ4v) is 3.90. The molecule has 0 saturated carbocycles. The Morgan fingerprint density at radius 1 is 1.12 bits per heavy atom. The van der Waals surface area contributed by atoms with E-state index in [1.807, 2.05) is 24.3 Å². The Morgan fingerprint density at radius 3 is 2.60 bits per heavy atom. The van der Waals surface area contributed by atoms with Crippen molar-refractivity contribution in [2.24, 2.45) is 0 Å². The Morgan fingerprint density at radius 2 is 1.92 bits per heavy atom. The number of rotatable bonds is 7. The second-order valence-electron chi connectivity index (χ2n) is 6.77. The highest BCUT2D eigenvalue weighted by molar-refractivity contribution is 5.68. The van der Waals surface area contributed by atoms with Crippen LogP contribution in [-0.4, -0.2) is 37.0 Å². The van der Waals surface area contributed by atoms with Crippen LogP contribution in [0.5, 0.6) is 11.5 Å². The predicted molar refractivity (Wildman–Crippen MR) is 101 cm³/mol. The minimum absolute atomic E-state index is 0.0474. The zero-order valence-corrected chi connectivity index (χ0v) is 15.0. The molecule has 4 heteroatoms. The van der Waals surface area contributed by atoms with Gasteiger partial charge in [-0.25, -0.2) is 0 Å². The number of fused-ring (bicyclic) bond motifs is 1. The molecule has 0 aromatic heterocycles. The van der Waals surface area contributed by atoms with E-state index < -0.39 is 5.41 Å². The number of unbranched alkanes of at least 4 members (excludes halogenated alkanes) is 2. The third kappa shape index (κ3) is 3.07. The molecule has 1 aliphatic rings. The summed E-state index contributed by atoms with van der Waals surface area (Å²) >= 11 is 0. The molecule has 0 fully saturated rings. The van der Waals surface area contributed by atoms with Crippen molar-refractivity contribution in [2.75, 3.05) is 31.7 Å². The first-order valence-corrected chi connectivity index (χ1v) is 8.99. The van der Waals surface area contributed by atoms with E-state index in [4.69, 9.17) is 4.74 Å². The van der Waals surface area contributed by atoms with Crippen molar-refractivity contribution in [2.45, 2.75) is 31.6 Å². The summed E-state index contributed by atoms with van der Waals surface area (Å²) in [6, 6.07) is 13.5. The van der Waals surface area contributed by atoms with Crippen molar-refractivity contribution in [3.8, 4) is 11.5 Å². The molecule has 1 aliphatic heterocycles. The number of phenolic OH excluding ortho intramolecular Hbond substituents is 1. The maximum Gasteiger partial charge on any atom is 0.123 e. The summed E-state index contributed by atoms with van der Waals surface area (Å²) in [6.45, 7) is 3.79. The average Bonchev–Trinajstić information content (AvgIpc) is 2.97. The van der Waals surface area contributed by atoms with E-state index in [-0.39, 0.29) is 12.4 Å². The molecule has 1 unspecified atom stereocenters. The van der Waals surface area contributed by atoms with Gasteiger partial charge in [-0.15, -0.1) is 0 Å². The molecule has 0 bridgehead atoms. The van der Waals surface area contributed by atoms with Gasteiger partial charge in [0, 0.05) is 30.4 Å². The molecule has 25 heavy (non-hydrogen) atoms. The van der Waals surface area contributed by atoms with Crippen LogP contribution in [0.15, 0.2) is 42.5 Å². The highest BCUT2D eigenvalue weighted by Crippen LogP contribution is 2.48. The third-order valence-corrected chi connectivity index (χ3v) is 5.24. The SMILES string of the molecule is CCCCCN1CC(CO)(c2ccc(OC)cc2O)c2ccccc21. The van der Waals surface area contributed by atoms with Crippen molar-refractivity contribution in [1.29, 1.82) is 0 Å².